The van der Waals surface area contributed by atoms with Crippen LogP contribution in [0.3, 0.4) is 0 Å². The van der Waals surface area contributed by atoms with Gasteiger partial charge in [0, 0.05) is 29.2 Å². The number of rotatable bonds is 7. The lowest BCUT2D eigenvalue weighted by Gasteiger charge is -2.06. The van der Waals surface area contributed by atoms with Crippen molar-refractivity contribution in [3.63, 3.8) is 0 Å². The van der Waals surface area contributed by atoms with Gasteiger partial charge in [-0.2, -0.15) is 0 Å². The van der Waals surface area contributed by atoms with Crippen LogP contribution >= 0.6 is 11.8 Å². The normalized spacial score (nSPS) is 10.2. The average Bonchev–Trinajstić information content (AvgIpc) is 2.58. The fourth-order valence-electron chi connectivity index (χ4n) is 1.93. The number of non-ortho nitro benzene ring substituents is 1. The molecule has 9 nitrogen and oxygen atoms in total. The number of nitro groups is 1. The number of carbonyl (C=O) groups is 2. The Labute approximate surface area is 153 Å². The van der Waals surface area contributed by atoms with E-state index in [0.29, 0.717) is 10.8 Å². The van der Waals surface area contributed by atoms with Crippen LogP contribution < -0.4 is 5.32 Å². The van der Waals surface area contributed by atoms with Crippen LogP contribution in [0.1, 0.15) is 11.4 Å². The number of nitro benzene ring substituents is 1. The monoisotopic (exact) mass is 376 g/mol. The van der Waals surface area contributed by atoms with E-state index in [4.69, 9.17) is 4.74 Å². The Morgan fingerprint density at radius 1 is 1.19 bits per heavy atom. The third-order valence-corrected chi connectivity index (χ3v) is 3.83. The number of hydrogen-bond donors (Lipinski definition) is 1. The molecule has 1 aromatic heterocycles. The van der Waals surface area contributed by atoms with Crippen LogP contribution in [0.5, 0.6) is 0 Å². The maximum absolute atomic E-state index is 11.7. The maximum Gasteiger partial charge on any atom is 0.316 e. The van der Waals surface area contributed by atoms with Crippen LogP contribution in [-0.4, -0.2) is 39.1 Å². The number of carbonyl (C=O) groups excluding carboxylic acids is 2. The van der Waals surface area contributed by atoms with Crippen molar-refractivity contribution in [1.29, 1.82) is 0 Å². The van der Waals surface area contributed by atoms with Crippen LogP contribution in [-0.2, 0) is 14.3 Å². The Morgan fingerprint density at radius 3 is 2.38 bits per heavy atom. The number of nitrogens with one attached hydrogen (secondary N) is 1. The number of aromatic nitrogens is 2. The summed E-state index contributed by atoms with van der Waals surface area (Å²) >= 11 is 1.12. The highest BCUT2D eigenvalue weighted by atomic mass is 32.2. The van der Waals surface area contributed by atoms with Gasteiger partial charge in [-0.15, -0.1) is 0 Å². The van der Waals surface area contributed by atoms with Gasteiger partial charge >= 0.3 is 5.97 Å². The Kier molecular flexibility index (Phi) is 6.61. The van der Waals surface area contributed by atoms with Crippen molar-refractivity contribution in [2.45, 2.75) is 19.0 Å². The van der Waals surface area contributed by atoms with Gasteiger partial charge in [0.15, 0.2) is 11.8 Å². The number of nitrogens with zero attached hydrogens (tertiary/aromatic N) is 3. The molecule has 26 heavy (non-hydrogen) atoms. The number of benzene rings is 1. The summed E-state index contributed by atoms with van der Waals surface area (Å²) in [4.78, 5) is 41.9. The summed E-state index contributed by atoms with van der Waals surface area (Å²) in [6, 6.07) is 7.14. The molecule has 2 rings (SSSR count). The number of thioether (sulfide) groups is 1. The van der Waals surface area contributed by atoms with Crippen molar-refractivity contribution in [1.82, 2.24) is 9.97 Å². The lowest BCUT2D eigenvalue weighted by Crippen LogP contribution is -2.21. The standard InChI is InChI=1S/C16H16N4O5S/c1-10-7-11(2)18-16(17-10)26-9-15(22)25-8-14(21)19-12-3-5-13(6-4-12)20(23)24/h3-7H,8-9H2,1-2H3,(H,19,21). The summed E-state index contributed by atoms with van der Waals surface area (Å²) in [5.41, 5.74) is 1.89. The van der Waals surface area contributed by atoms with E-state index < -0.39 is 23.4 Å². The van der Waals surface area contributed by atoms with Crippen LogP contribution in [0.25, 0.3) is 0 Å². The molecule has 1 aromatic carbocycles. The molecule has 0 radical (unpaired) electrons. The highest BCUT2D eigenvalue weighted by Crippen LogP contribution is 2.16. The fraction of sp³-hybridized carbons (Fsp3) is 0.250. The quantitative estimate of drug-likeness (QED) is 0.256. The van der Waals surface area contributed by atoms with Crippen molar-refractivity contribution in [2.24, 2.45) is 0 Å². The van der Waals surface area contributed by atoms with Gasteiger partial charge in [0.05, 0.1) is 10.7 Å². The Bertz CT molecular complexity index is 806. The molecule has 1 amide bonds. The lowest BCUT2D eigenvalue weighted by atomic mass is 10.3. The first kappa shape index (κ1) is 19.3. The third-order valence-electron chi connectivity index (χ3n) is 3.01. The summed E-state index contributed by atoms with van der Waals surface area (Å²) in [6.07, 6.45) is 0. The second kappa shape index (κ2) is 8.90. The highest BCUT2D eigenvalue weighted by molar-refractivity contribution is 7.99. The highest BCUT2D eigenvalue weighted by Gasteiger charge is 2.11. The number of anilines is 1. The van der Waals surface area contributed by atoms with E-state index in [9.17, 15) is 19.7 Å². The first-order valence-corrected chi connectivity index (χ1v) is 8.47. The van der Waals surface area contributed by atoms with E-state index in [-0.39, 0.29) is 11.4 Å². The van der Waals surface area contributed by atoms with Gasteiger partial charge in [-0.1, -0.05) is 11.8 Å². The molecule has 0 unspecified atom stereocenters. The lowest BCUT2D eigenvalue weighted by molar-refractivity contribution is -0.384. The van der Waals surface area contributed by atoms with Gasteiger partial charge < -0.3 is 10.1 Å². The van der Waals surface area contributed by atoms with E-state index in [2.05, 4.69) is 15.3 Å². The second-order valence-corrected chi connectivity index (χ2v) is 6.18. The molecular formula is C16H16N4O5S. The van der Waals surface area contributed by atoms with Crippen molar-refractivity contribution < 1.29 is 19.2 Å². The van der Waals surface area contributed by atoms with Crippen molar-refractivity contribution in [3.8, 4) is 0 Å². The van der Waals surface area contributed by atoms with Gasteiger partial charge in [0.1, 0.15) is 0 Å². The van der Waals surface area contributed by atoms with Crippen LogP contribution in [0.15, 0.2) is 35.5 Å². The SMILES string of the molecule is Cc1cc(C)nc(SCC(=O)OCC(=O)Nc2ccc([N+](=O)[O-])cc2)n1. The minimum Gasteiger partial charge on any atom is -0.455 e. The molecule has 2 aromatic rings. The van der Waals surface area contributed by atoms with E-state index in [1.54, 1.807) is 0 Å². The molecule has 0 bridgehead atoms. The molecule has 10 heteroatoms. The van der Waals surface area contributed by atoms with Gasteiger partial charge in [0.2, 0.25) is 0 Å². The molecule has 0 saturated carbocycles. The van der Waals surface area contributed by atoms with Crippen molar-refractivity contribution in [2.75, 3.05) is 17.7 Å². The number of amides is 1. The molecule has 136 valence electrons. The van der Waals surface area contributed by atoms with Gasteiger partial charge in [0.25, 0.3) is 11.6 Å². The van der Waals surface area contributed by atoms with Crippen LogP contribution in [0, 0.1) is 24.0 Å². The van der Waals surface area contributed by atoms with Gasteiger partial charge in [-0.3, -0.25) is 19.7 Å². The van der Waals surface area contributed by atoms with Crippen molar-refractivity contribution >= 4 is 35.0 Å². The summed E-state index contributed by atoms with van der Waals surface area (Å²) < 4.78 is 4.88. The second-order valence-electron chi connectivity index (χ2n) is 5.23. The molecule has 0 aliphatic heterocycles. The molecule has 0 spiro atoms. The topological polar surface area (TPSA) is 124 Å². The summed E-state index contributed by atoms with van der Waals surface area (Å²) in [5, 5.41) is 13.5. The summed E-state index contributed by atoms with van der Waals surface area (Å²) in [7, 11) is 0. The van der Waals surface area contributed by atoms with Gasteiger partial charge in [-0.25, -0.2) is 9.97 Å². The maximum atomic E-state index is 11.7. The molecule has 1 heterocycles. The van der Waals surface area contributed by atoms with E-state index >= 15 is 0 Å². The molecule has 0 fully saturated rings. The molecular weight excluding hydrogens is 360 g/mol. The zero-order valence-corrected chi connectivity index (χ0v) is 14.9. The Morgan fingerprint density at radius 2 is 1.81 bits per heavy atom. The summed E-state index contributed by atoms with van der Waals surface area (Å²) in [6.45, 7) is 3.21. The Balaban J connectivity index is 1.75. The molecule has 0 aliphatic rings. The molecule has 1 N–H and O–H groups in total. The number of hydrogen-bond acceptors (Lipinski definition) is 8. The van der Waals surface area contributed by atoms with E-state index in [0.717, 1.165) is 23.1 Å². The molecule has 0 aliphatic carbocycles. The first-order valence-electron chi connectivity index (χ1n) is 7.48. The number of esters is 1. The molecule has 0 atom stereocenters. The van der Waals surface area contributed by atoms with E-state index in [1.165, 1.54) is 24.3 Å². The minimum absolute atomic E-state index is 0.0201. The average molecular weight is 376 g/mol. The van der Waals surface area contributed by atoms with Crippen molar-refractivity contribution in [3.05, 3.63) is 51.8 Å². The van der Waals surface area contributed by atoms with Gasteiger partial charge in [-0.05, 0) is 32.0 Å². The minimum atomic E-state index is -0.573. The summed E-state index contributed by atoms with van der Waals surface area (Å²) in [5.74, 6) is -1.13. The predicted octanol–water partition coefficient (Wildman–Crippen LogP) is 2.28. The zero-order valence-electron chi connectivity index (χ0n) is 14.1. The molecule has 0 saturated heterocycles. The number of aryl methyl sites for hydroxylation is 2. The smallest absolute Gasteiger partial charge is 0.316 e. The first-order chi connectivity index (χ1) is 12.3. The van der Waals surface area contributed by atoms with Crippen LogP contribution in [0.4, 0.5) is 11.4 Å². The van der Waals surface area contributed by atoms with Crippen LogP contribution in [0.2, 0.25) is 0 Å². The number of ether oxygens (including phenoxy) is 1. The largest absolute Gasteiger partial charge is 0.455 e. The third kappa shape index (κ3) is 6.13. The fourth-order valence-corrected chi connectivity index (χ4v) is 2.68. The zero-order chi connectivity index (χ0) is 19.1. The predicted molar refractivity (Wildman–Crippen MR) is 94.9 cm³/mol. The Hall–Kier alpha value is -3.01. The van der Waals surface area contributed by atoms with E-state index in [1.807, 2.05) is 19.9 Å².